The van der Waals surface area contributed by atoms with E-state index in [1.54, 1.807) is 18.7 Å². The van der Waals surface area contributed by atoms with E-state index in [2.05, 4.69) is 46.5 Å². The number of hydrogen-bond donors (Lipinski definition) is 1. The fraction of sp³-hybridized carbons (Fsp3) is 0.107. The van der Waals surface area contributed by atoms with Gasteiger partial charge in [-0.25, -0.2) is 4.98 Å². The molecule has 0 fully saturated rings. The lowest BCUT2D eigenvalue weighted by molar-refractivity contribution is 0.0951. The minimum absolute atomic E-state index is 0.143. The minimum Gasteiger partial charge on any atom is -0.489 e. The summed E-state index contributed by atoms with van der Waals surface area (Å²) in [5, 5.41) is 2.92. The Balaban J connectivity index is 1.26. The summed E-state index contributed by atoms with van der Waals surface area (Å²) in [6, 6.07) is 25.6. The maximum Gasteiger partial charge on any atom is 0.251 e. The van der Waals surface area contributed by atoms with Gasteiger partial charge in [-0.05, 0) is 66.6 Å². The van der Waals surface area contributed by atoms with Crippen LogP contribution < -0.4 is 10.1 Å². The van der Waals surface area contributed by atoms with Crippen molar-refractivity contribution in [3.63, 3.8) is 0 Å². The molecule has 6 heteroatoms. The number of benzene rings is 3. The molecule has 2 aromatic heterocycles. The number of hydrogen-bond acceptors (Lipinski definition) is 4. The highest BCUT2D eigenvalue weighted by Gasteiger charge is 2.10. The van der Waals surface area contributed by atoms with Gasteiger partial charge in [0.2, 0.25) is 0 Å². The quantitative estimate of drug-likeness (QED) is 0.370. The maximum atomic E-state index is 12.6. The summed E-state index contributed by atoms with van der Waals surface area (Å²) in [6.07, 6.45) is 5.22. The topological polar surface area (TPSA) is 69.0 Å². The summed E-state index contributed by atoms with van der Waals surface area (Å²) in [6.45, 7) is 3.03. The molecule has 6 nitrogen and oxygen atoms in total. The van der Waals surface area contributed by atoms with Gasteiger partial charge in [-0.15, -0.1) is 0 Å². The summed E-state index contributed by atoms with van der Waals surface area (Å²) in [7, 11) is 0. The van der Waals surface area contributed by atoms with Gasteiger partial charge in [0, 0.05) is 30.2 Å². The predicted molar refractivity (Wildman–Crippen MR) is 132 cm³/mol. The molecule has 0 radical (unpaired) electrons. The summed E-state index contributed by atoms with van der Waals surface area (Å²) in [5.41, 5.74) is 6.55. The fourth-order valence-electron chi connectivity index (χ4n) is 3.70. The zero-order valence-corrected chi connectivity index (χ0v) is 18.8. The number of nitrogens with zero attached hydrogens (tertiary/aromatic N) is 3. The molecule has 0 spiro atoms. The number of amides is 1. The summed E-state index contributed by atoms with van der Waals surface area (Å²) < 4.78 is 7.91. The first-order valence-electron chi connectivity index (χ1n) is 11.1. The van der Waals surface area contributed by atoms with Crippen LogP contribution in [0, 0.1) is 6.92 Å². The van der Waals surface area contributed by atoms with Crippen molar-refractivity contribution in [2.75, 3.05) is 0 Å². The van der Waals surface area contributed by atoms with Gasteiger partial charge in [-0.2, -0.15) is 0 Å². The number of carbonyl (C=O) groups is 1. The van der Waals surface area contributed by atoms with Crippen molar-refractivity contribution in [3.8, 4) is 11.4 Å². The predicted octanol–water partition coefficient (Wildman–Crippen LogP) is 5.24. The molecule has 0 aliphatic heterocycles. The van der Waals surface area contributed by atoms with E-state index >= 15 is 0 Å². The number of fused-ring (bicyclic) bond motifs is 1. The van der Waals surface area contributed by atoms with Gasteiger partial charge in [0.15, 0.2) is 0 Å². The van der Waals surface area contributed by atoms with E-state index in [1.807, 2.05) is 59.2 Å². The van der Waals surface area contributed by atoms with E-state index in [-0.39, 0.29) is 5.91 Å². The van der Waals surface area contributed by atoms with E-state index in [1.165, 1.54) is 5.56 Å². The second-order valence-corrected chi connectivity index (χ2v) is 8.13. The van der Waals surface area contributed by atoms with E-state index in [4.69, 9.17) is 4.74 Å². The average Bonchev–Trinajstić information content (AvgIpc) is 3.31. The Morgan fingerprint density at radius 1 is 0.971 bits per heavy atom. The van der Waals surface area contributed by atoms with E-state index in [0.717, 1.165) is 33.6 Å². The smallest absolute Gasteiger partial charge is 0.251 e. The Labute approximate surface area is 197 Å². The van der Waals surface area contributed by atoms with Crippen molar-refractivity contribution in [2.45, 2.75) is 20.1 Å². The number of imidazole rings is 1. The third kappa shape index (κ3) is 4.81. The Hall–Kier alpha value is -4.45. The molecule has 5 aromatic rings. The molecule has 0 bridgehead atoms. The van der Waals surface area contributed by atoms with Crippen LogP contribution in [-0.2, 0) is 13.2 Å². The lowest BCUT2D eigenvalue weighted by Gasteiger charge is -2.09. The Bertz CT molecular complexity index is 1410. The lowest BCUT2D eigenvalue weighted by atomic mass is 10.1. The molecule has 34 heavy (non-hydrogen) atoms. The zero-order valence-electron chi connectivity index (χ0n) is 18.8. The molecule has 0 atom stereocenters. The SMILES string of the molecule is Cc1ccc(COc2ccc(-n3cnc4cc(C(=O)NCc5cccnc5)ccc43)cc2)cc1. The molecule has 0 unspecified atom stereocenters. The van der Waals surface area contributed by atoms with Crippen molar-refractivity contribution in [1.82, 2.24) is 19.9 Å². The lowest BCUT2D eigenvalue weighted by Crippen LogP contribution is -2.22. The largest absolute Gasteiger partial charge is 0.489 e. The van der Waals surface area contributed by atoms with Gasteiger partial charge >= 0.3 is 0 Å². The number of carbonyl (C=O) groups excluding carboxylic acids is 1. The first-order valence-corrected chi connectivity index (χ1v) is 11.1. The van der Waals surface area contributed by atoms with Crippen LogP contribution in [0.5, 0.6) is 5.75 Å². The highest BCUT2D eigenvalue weighted by Crippen LogP contribution is 2.22. The van der Waals surface area contributed by atoms with Gasteiger partial charge in [0.1, 0.15) is 18.7 Å². The van der Waals surface area contributed by atoms with Crippen LogP contribution in [0.15, 0.2) is 97.6 Å². The van der Waals surface area contributed by atoms with Crippen LogP contribution in [0.4, 0.5) is 0 Å². The molecular weight excluding hydrogens is 424 g/mol. The van der Waals surface area contributed by atoms with E-state index < -0.39 is 0 Å². The second kappa shape index (κ2) is 9.58. The van der Waals surface area contributed by atoms with Crippen molar-refractivity contribution < 1.29 is 9.53 Å². The molecule has 2 heterocycles. The molecule has 0 aliphatic carbocycles. The standard InChI is InChI=1S/C28H24N4O2/c1-20-4-6-21(7-5-20)18-34-25-11-9-24(10-12-25)32-19-31-26-15-23(8-13-27(26)32)28(33)30-17-22-3-2-14-29-16-22/h2-16,19H,17-18H2,1H3,(H,30,33). The number of rotatable bonds is 7. The number of ether oxygens (including phenoxy) is 1. The van der Waals surface area contributed by atoms with Gasteiger partial charge < -0.3 is 10.1 Å². The monoisotopic (exact) mass is 448 g/mol. The minimum atomic E-state index is -0.143. The Morgan fingerprint density at radius 3 is 2.56 bits per heavy atom. The molecule has 0 aliphatic rings. The summed E-state index contributed by atoms with van der Waals surface area (Å²) in [4.78, 5) is 21.1. The van der Waals surface area contributed by atoms with E-state index in [9.17, 15) is 4.79 Å². The van der Waals surface area contributed by atoms with Crippen molar-refractivity contribution >= 4 is 16.9 Å². The first-order chi connectivity index (χ1) is 16.7. The Morgan fingerprint density at radius 2 is 1.79 bits per heavy atom. The maximum absolute atomic E-state index is 12.6. The summed E-state index contributed by atoms with van der Waals surface area (Å²) >= 11 is 0. The normalized spacial score (nSPS) is 10.9. The van der Waals surface area contributed by atoms with Gasteiger partial charge in [-0.1, -0.05) is 35.9 Å². The van der Waals surface area contributed by atoms with Crippen molar-refractivity contribution in [1.29, 1.82) is 0 Å². The summed E-state index contributed by atoms with van der Waals surface area (Å²) in [5.74, 6) is 0.664. The third-order valence-corrected chi connectivity index (χ3v) is 5.63. The van der Waals surface area contributed by atoms with Crippen LogP contribution >= 0.6 is 0 Å². The van der Waals surface area contributed by atoms with Gasteiger partial charge in [0.25, 0.3) is 5.91 Å². The van der Waals surface area contributed by atoms with E-state index in [0.29, 0.717) is 18.7 Å². The molecule has 168 valence electrons. The highest BCUT2D eigenvalue weighted by molar-refractivity contribution is 5.97. The molecule has 0 saturated heterocycles. The number of pyridine rings is 1. The number of aromatic nitrogens is 3. The van der Waals surface area contributed by atoms with Crippen LogP contribution in [0.25, 0.3) is 16.7 Å². The van der Waals surface area contributed by atoms with Crippen molar-refractivity contribution in [3.05, 3.63) is 120 Å². The van der Waals surface area contributed by atoms with Gasteiger partial charge in [-0.3, -0.25) is 14.3 Å². The molecule has 0 saturated carbocycles. The molecule has 3 aromatic carbocycles. The molecule has 1 amide bonds. The fourth-order valence-corrected chi connectivity index (χ4v) is 3.70. The highest BCUT2D eigenvalue weighted by atomic mass is 16.5. The van der Waals surface area contributed by atoms with Crippen molar-refractivity contribution in [2.24, 2.45) is 0 Å². The van der Waals surface area contributed by atoms with Crippen LogP contribution in [0.3, 0.4) is 0 Å². The van der Waals surface area contributed by atoms with Crippen LogP contribution in [0.1, 0.15) is 27.0 Å². The average molecular weight is 449 g/mol. The number of nitrogens with one attached hydrogen (secondary N) is 1. The third-order valence-electron chi connectivity index (χ3n) is 5.63. The van der Waals surface area contributed by atoms with Gasteiger partial charge in [0.05, 0.1) is 11.0 Å². The molecule has 5 rings (SSSR count). The zero-order chi connectivity index (χ0) is 23.3. The molecule has 1 N–H and O–H groups in total. The van der Waals surface area contributed by atoms with Crippen LogP contribution in [-0.4, -0.2) is 20.4 Å². The van der Waals surface area contributed by atoms with Crippen LogP contribution in [0.2, 0.25) is 0 Å². The second-order valence-electron chi connectivity index (χ2n) is 8.13. The first kappa shape index (κ1) is 21.4. The molecular formula is C28H24N4O2. The Kier molecular flexibility index (Phi) is 6.03. The number of aryl methyl sites for hydroxylation is 1.